The third kappa shape index (κ3) is 1.92. The Hall–Kier alpha value is -0.970. The van der Waals surface area contributed by atoms with E-state index in [1.165, 1.54) is 6.20 Å². The first-order valence-corrected chi connectivity index (χ1v) is 4.80. The van der Waals surface area contributed by atoms with E-state index in [-0.39, 0.29) is 0 Å². The zero-order valence-corrected chi connectivity index (χ0v) is 7.79. The molecule has 1 aromatic rings. The molecule has 1 N–H and O–H groups in total. The van der Waals surface area contributed by atoms with Crippen LogP contribution in [0.5, 0.6) is 0 Å². The smallest absolute Gasteiger partial charge is 0.317 e. The second kappa shape index (κ2) is 4.04. The molecule has 78 valence electrons. The Morgan fingerprint density at radius 1 is 1.43 bits per heavy atom. The summed E-state index contributed by atoms with van der Waals surface area (Å²) in [6.45, 7) is -0.597. The van der Waals surface area contributed by atoms with Gasteiger partial charge in [-0.1, -0.05) is 0 Å². The van der Waals surface area contributed by atoms with Crippen LogP contribution < -0.4 is 5.32 Å². The van der Waals surface area contributed by atoms with Crippen molar-refractivity contribution in [3.05, 3.63) is 18.0 Å². The summed E-state index contributed by atoms with van der Waals surface area (Å²) in [5.74, 6) is 0.392. The van der Waals surface area contributed by atoms with Gasteiger partial charge in [-0.3, -0.25) is 0 Å². The highest BCUT2D eigenvalue weighted by molar-refractivity contribution is 5.12. The number of nitrogens with zero attached hydrogens (tertiary/aromatic N) is 2. The first kappa shape index (κ1) is 9.58. The van der Waals surface area contributed by atoms with E-state index < -0.39 is 6.55 Å². The van der Waals surface area contributed by atoms with Crippen LogP contribution in [0.15, 0.2) is 12.4 Å². The van der Waals surface area contributed by atoms with Gasteiger partial charge in [0, 0.05) is 6.20 Å². The molecule has 0 radical (unpaired) electrons. The molecule has 0 atom stereocenters. The Morgan fingerprint density at radius 3 is 2.71 bits per heavy atom. The van der Waals surface area contributed by atoms with E-state index in [4.69, 9.17) is 0 Å². The van der Waals surface area contributed by atoms with Crippen LogP contribution in [-0.2, 0) is 0 Å². The summed E-state index contributed by atoms with van der Waals surface area (Å²) in [5.41, 5.74) is 0.937. The average Bonchev–Trinajstić information content (AvgIpc) is 2.68. The fraction of sp³-hybridized carbons (Fsp3) is 0.667. The van der Waals surface area contributed by atoms with Crippen molar-refractivity contribution in [1.82, 2.24) is 15.1 Å². The summed E-state index contributed by atoms with van der Waals surface area (Å²) in [6.07, 6.45) is 5.03. The Balaban J connectivity index is 2.07. The summed E-state index contributed by atoms with van der Waals surface area (Å²) in [7, 11) is 0. The highest BCUT2D eigenvalue weighted by atomic mass is 19.3. The molecule has 1 aliphatic heterocycles. The maximum atomic E-state index is 12.2. The molecular formula is C9H13F2N3. The number of piperidine rings is 1. The van der Waals surface area contributed by atoms with E-state index >= 15 is 0 Å². The van der Waals surface area contributed by atoms with Crippen molar-refractivity contribution < 1.29 is 8.78 Å². The highest BCUT2D eigenvalue weighted by Gasteiger charge is 2.18. The third-order valence-corrected chi connectivity index (χ3v) is 2.63. The number of hydrogen-bond donors (Lipinski definition) is 1. The maximum absolute atomic E-state index is 12.2. The van der Waals surface area contributed by atoms with Gasteiger partial charge in [0.1, 0.15) is 0 Å². The molecule has 0 spiro atoms. The Kier molecular flexibility index (Phi) is 2.77. The zero-order valence-electron chi connectivity index (χ0n) is 7.79. The molecule has 0 bridgehead atoms. The molecule has 1 aliphatic rings. The van der Waals surface area contributed by atoms with Crippen LogP contribution >= 0.6 is 0 Å². The molecule has 1 saturated heterocycles. The van der Waals surface area contributed by atoms with Crippen molar-refractivity contribution in [1.29, 1.82) is 0 Å². The predicted molar refractivity (Wildman–Crippen MR) is 48.3 cm³/mol. The van der Waals surface area contributed by atoms with Crippen LogP contribution in [0.4, 0.5) is 8.78 Å². The Morgan fingerprint density at radius 2 is 2.14 bits per heavy atom. The molecule has 1 aromatic heterocycles. The van der Waals surface area contributed by atoms with Crippen LogP contribution in [0.25, 0.3) is 0 Å². The SMILES string of the molecule is FC(F)n1cc(C2CCNCC2)cn1. The largest absolute Gasteiger partial charge is 0.333 e. The standard InChI is InChI=1S/C9H13F2N3/c10-9(11)14-6-8(5-13-14)7-1-3-12-4-2-7/h5-7,9,12H,1-4H2. The first-order chi connectivity index (χ1) is 6.77. The van der Waals surface area contributed by atoms with Gasteiger partial charge in [0.15, 0.2) is 0 Å². The van der Waals surface area contributed by atoms with Crippen molar-refractivity contribution in [2.24, 2.45) is 0 Å². The minimum atomic E-state index is -2.52. The topological polar surface area (TPSA) is 29.9 Å². The van der Waals surface area contributed by atoms with E-state index in [1.807, 2.05) is 0 Å². The van der Waals surface area contributed by atoms with Gasteiger partial charge in [-0.2, -0.15) is 13.9 Å². The molecule has 2 rings (SSSR count). The van der Waals surface area contributed by atoms with Crippen LogP contribution in [0.2, 0.25) is 0 Å². The number of aromatic nitrogens is 2. The van der Waals surface area contributed by atoms with Crippen LogP contribution in [0.1, 0.15) is 30.9 Å². The average molecular weight is 201 g/mol. The molecule has 0 unspecified atom stereocenters. The number of halogens is 2. The lowest BCUT2D eigenvalue weighted by atomic mass is 9.93. The summed E-state index contributed by atoms with van der Waals surface area (Å²) in [5, 5.41) is 6.88. The lowest BCUT2D eigenvalue weighted by molar-refractivity contribution is 0.0565. The molecule has 1 fully saturated rings. The molecule has 0 aromatic carbocycles. The van der Waals surface area contributed by atoms with E-state index in [0.717, 1.165) is 36.2 Å². The van der Waals surface area contributed by atoms with E-state index in [0.29, 0.717) is 5.92 Å². The van der Waals surface area contributed by atoms with Gasteiger partial charge in [0.05, 0.1) is 6.20 Å². The Bertz CT molecular complexity index is 292. The summed E-state index contributed by atoms with van der Waals surface area (Å²) in [4.78, 5) is 0. The predicted octanol–water partition coefficient (Wildman–Crippen LogP) is 1.75. The molecule has 3 nitrogen and oxygen atoms in total. The molecule has 0 saturated carbocycles. The van der Waals surface area contributed by atoms with Gasteiger partial charge >= 0.3 is 6.55 Å². The monoisotopic (exact) mass is 201 g/mol. The molecule has 2 heterocycles. The van der Waals surface area contributed by atoms with Gasteiger partial charge in [-0.05, 0) is 37.4 Å². The lowest BCUT2D eigenvalue weighted by Gasteiger charge is -2.21. The maximum Gasteiger partial charge on any atom is 0.333 e. The summed E-state index contributed by atoms with van der Waals surface area (Å²) >= 11 is 0. The van der Waals surface area contributed by atoms with Crippen molar-refractivity contribution in [3.63, 3.8) is 0 Å². The number of hydrogen-bond acceptors (Lipinski definition) is 2. The molecule has 0 aliphatic carbocycles. The second-order valence-corrected chi connectivity index (χ2v) is 3.56. The van der Waals surface area contributed by atoms with Crippen molar-refractivity contribution in [3.8, 4) is 0 Å². The lowest BCUT2D eigenvalue weighted by Crippen LogP contribution is -2.26. The van der Waals surface area contributed by atoms with Gasteiger partial charge in [-0.25, -0.2) is 4.68 Å². The Labute approximate surface area is 81.1 Å². The minimum absolute atomic E-state index is 0.392. The van der Waals surface area contributed by atoms with Crippen molar-refractivity contribution >= 4 is 0 Å². The fourth-order valence-corrected chi connectivity index (χ4v) is 1.83. The first-order valence-electron chi connectivity index (χ1n) is 4.80. The quantitative estimate of drug-likeness (QED) is 0.790. The van der Waals surface area contributed by atoms with Crippen molar-refractivity contribution in [2.75, 3.05) is 13.1 Å². The number of nitrogens with one attached hydrogen (secondary N) is 1. The molecule has 0 amide bonds. The zero-order chi connectivity index (χ0) is 9.97. The van der Waals surface area contributed by atoms with E-state index in [2.05, 4.69) is 10.4 Å². The number of alkyl halides is 2. The molecule has 14 heavy (non-hydrogen) atoms. The third-order valence-electron chi connectivity index (χ3n) is 2.63. The fourth-order valence-electron chi connectivity index (χ4n) is 1.83. The van der Waals surface area contributed by atoms with E-state index in [9.17, 15) is 8.78 Å². The van der Waals surface area contributed by atoms with Crippen LogP contribution in [0, 0.1) is 0 Å². The van der Waals surface area contributed by atoms with Gasteiger partial charge in [0.25, 0.3) is 0 Å². The van der Waals surface area contributed by atoms with Gasteiger partial charge < -0.3 is 5.32 Å². The summed E-state index contributed by atoms with van der Waals surface area (Å²) in [6, 6.07) is 0. The minimum Gasteiger partial charge on any atom is -0.317 e. The van der Waals surface area contributed by atoms with Gasteiger partial charge in [0.2, 0.25) is 0 Å². The molecular weight excluding hydrogens is 188 g/mol. The highest BCUT2D eigenvalue weighted by Crippen LogP contribution is 2.25. The number of rotatable bonds is 2. The normalized spacial score (nSPS) is 19.1. The second-order valence-electron chi connectivity index (χ2n) is 3.56. The molecule has 5 heteroatoms. The van der Waals surface area contributed by atoms with Crippen LogP contribution in [-0.4, -0.2) is 22.9 Å². The van der Waals surface area contributed by atoms with Gasteiger partial charge in [-0.15, -0.1) is 0 Å². The van der Waals surface area contributed by atoms with E-state index in [1.54, 1.807) is 6.20 Å². The summed E-state index contributed by atoms with van der Waals surface area (Å²) < 4.78 is 25.2. The van der Waals surface area contributed by atoms with Crippen LogP contribution in [0.3, 0.4) is 0 Å². The van der Waals surface area contributed by atoms with Crippen molar-refractivity contribution in [2.45, 2.75) is 25.3 Å².